The molecule has 6 bridgehead atoms. The molecule has 6 rings (SSSR count). The van der Waals surface area contributed by atoms with Crippen LogP contribution in [0.5, 0.6) is 0 Å². The fourth-order valence-corrected chi connectivity index (χ4v) is 10.9. The Balaban J connectivity index is 0.000000686. The highest BCUT2D eigenvalue weighted by Gasteiger charge is 3.04. The lowest BCUT2D eigenvalue weighted by atomic mass is 9.53. The van der Waals surface area contributed by atoms with Crippen LogP contribution in [-0.4, -0.2) is 193 Å². The van der Waals surface area contributed by atoms with Crippen molar-refractivity contribution in [3.8, 4) is 0 Å². The minimum absolute atomic E-state index is 0. The van der Waals surface area contributed by atoms with Crippen molar-refractivity contribution in [2.24, 2.45) is 0 Å². The second-order valence-corrected chi connectivity index (χ2v) is 20.6. The molecule has 0 spiro atoms. The number of fused-ring (bicyclic) bond motifs is 6. The highest BCUT2D eigenvalue weighted by atomic mass is 19.3. The summed E-state index contributed by atoms with van der Waals surface area (Å²) in [5.41, 5.74) is -46.9. The average molecular weight is 1430 g/mol. The van der Waals surface area contributed by atoms with Gasteiger partial charge in [0.05, 0.1) is 19.3 Å². The van der Waals surface area contributed by atoms with Gasteiger partial charge in [0.1, 0.15) is 20.0 Å². The molecule has 93 heavy (non-hydrogen) atoms. The lowest BCUT2D eigenvalue weighted by Gasteiger charge is -2.64. The van der Waals surface area contributed by atoms with E-state index in [1.54, 1.807) is 0 Å². The Hall–Kier alpha value is -6.96. The quantitative estimate of drug-likeness (QED) is 0.0602. The Bertz CT molecular complexity index is 2840. The number of esters is 6. The summed E-state index contributed by atoms with van der Waals surface area (Å²) in [7, 11) is 0. The summed E-state index contributed by atoms with van der Waals surface area (Å²) in [6, 6.07) is 0. The maximum atomic E-state index is 15.1. The monoisotopic (exact) mass is 1430 g/mol. The molecular weight excluding hydrogens is 1390 g/mol. The minimum Gasteiger partial charge on any atom is -0.449 e. The molecule has 6 aliphatic rings. The van der Waals surface area contributed by atoms with Crippen LogP contribution in [0.1, 0.15) is 38.5 Å². The van der Waals surface area contributed by atoms with Crippen LogP contribution in [0.15, 0.2) is 75.9 Å². The Morgan fingerprint density at radius 2 is 0.624 bits per heavy atom. The molecule has 0 aromatic carbocycles. The number of halogens is 30. The fourth-order valence-electron chi connectivity index (χ4n) is 10.9. The first kappa shape index (κ1) is 84.1. The van der Waals surface area contributed by atoms with Crippen molar-refractivity contribution in [2.75, 3.05) is 20.0 Å². The van der Waals surface area contributed by atoms with Crippen LogP contribution in [-0.2, 0) is 57.2 Å². The van der Waals surface area contributed by atoms with Crippen molar-refractivity contribution in [3.05, 3.63) is 75.9 Å². The van der Waals surface area contributed by atoms with E-state index in [-0.39, 0.29) is 50.6 Å². The van der Waals surface area contributed by atoms with Crippen molar-refractivity contribution < 1.29 is 205 Å². The SMILES string of the molecule is C=CC(=O)OC1(F)CC2(O)C(F)(F)C(O)(CF)CC(OC(=O)C=C)(C1(F)F)C2(F)F.C=CC(=O)OC1(F)CC2(OC(=O)C=C)CC(F)(CF)C(F)(F)C(F)(C1(F)F)C2(F)F.C=CC(=O)OC1(F)CC2(OC(=O)C=C)CC(F)(CF)C(F)(F)C(O)(C1(F)F)C2(F)F.F.F.F. The van der Waals surface area contributed by atoms with E-state index in [2.05, 4.69) is 67.9 Å². The van der Waals surface area contributed by atoms with Crippen LogP contribution >= 0.6 is 0 Å². The van der Waals surface area contributed by atoms with Gasteiger partial charge < -0.3 is 43.7 Å². The summed E-state index contributed by atoms with van der Waals surface area (Å²) in [5, 5.41) is 29.9. The first-order valence-corrected chi connectivity index (χ1v) is 23.7. The number of hydrogen-bond donors (Lipinski definition) is 3. The first-order chi connectivity index (χ1) is 40.2. The summed E-state index contributed by atoms with van der Waals surface area (Å²) < 4.78 is 418. The Labute approximate surface area is 496 Å². The number of hydrogen-bond acceptors (Lipinski definition) is 15. The largest absolute Gasteiger partial charge is 0.449 e. The fraction of sp³-hybridized carbons (Fsp3) is 0.625. The third-order valence-corrected chi connectivity index (χ3v) is 15.5. The van der Waals surface area contributed by atoms with Crippen LogP contribution < -0.4 is 0 Å². The third kappa shape index (κ3) is 10.0. The molecule has 534 valence electrons. The summed E-state index contributed by atoms with van der Waals surface area (Å²) in [5.74, 6) is -83.8. The normalized spacial score (nSPS) is 39.4. The van der Waals surface area contributed by atoms with Crippen molar-refractivity contribution in [2.45, 2.75) is 160 Å². The maximum absolute atomic E-state index is 15.1. The van der Waals surface area contributed by atoms with Gasteiger partial charge in [0.15, 0.2) is 16.8 Å². The molecule has 0 aromatic rings. The molecule has 15 nitrogen and oxygen atoms in total. The zero-order valence-corrected chi connectivity index (χ0v) is 45.2. The summed E-state index contributed by atoms with van der Waals surface area (Å²) in [6.07, 6.45) is -16.1. The van der Waals surface area contributed by atoms with Gasteiger partial charge in [0, 0.05) is 55.7 Å². The van der Waals surface area contributed by atoms with Crippen molar-refractivity contribution in [1.82, 2.24) is 0 Å². The molecular formula is C48H42F30O15. The van der Waals surface area contributed by atoms with Gasteiger partial charge in [-0.25, -0.2) is 55.1 Å². The number of ether oxygens (including phenoxy) is 6. The highest BCUT2D eigenvalue weighted by Crippen LogP contribution is 2.77. The van der Waals surface area contributed by atoms with Gasteiger partial charge >= 0.3 is 112 Å². The minimum atomic E-state index is -6.85. The molecule has 45 heteroatoms. The molecule has 0 heterocycles. The predicted molar refractivity (Wildman–Crippen MR) is 241 cm³/mol. The van der Waals surface area contributed by atoms with Crippen LogP contribution in [0.25, 0.3) is 0 Å². The smallest absolute Gasteiger partial charge is 0.362 e. The molecule has 12 unspecified atom stereocenters. The van der Waals surface area contributed by atoms with E-state index in [0.29, 0.717) is 0 Å². The van der Waals surface area contributed by atoms with Gasteiger partial charge in [-0.3, -0.25) is 14.1 Å². The molecule has 12 atom stereocenters. The summed E-state index contributed by atoms with van der Waals surface area (Å²) in [6.45, 7) is 7.77. The van der Waals surface area contributed by atoms with E-state index in [1.807, 2.05) is 0 Å². The van der Waals surface area contributed by atoms with E-state index in [1.165, 1.54) is 0 Å². The zero-order chi connectivity index (χ0) is 70.8. The molecule has 0 aromatic heterocycles. The summed E-state index contributed by atoms with van der Waals surface area (Å²) >= 11 is 0. The number of rotatable bonds is 15. The van der Waals surface area contributed by atoms with Gasteiger partial charge in [-0.1, -0.05) is 39.5 Å². The van der Waals surface area contributed by atoms with E-state index >= 15 is 35.1 Å². The second-order valence-electron chi connectivity index (χ2n) is 20.6. The second kappa shape index (κ2) is 24.0. The average Bonchev–Trinajstić information content (AvgIpc) is 0.670. The molecule has 0 amide bonds. The Morgan fingerprint density at radius 3 is 0.957 bits per heavy atom. The van der Waals surface area contributed by atoms with E-state index < -0.39 is 216 Å². The number of aliphatic hydroxyl groups is 3. The standard InChI is InChI=1S/C16H12F10O4.C16H13F9O5.C16H14F8O6.3FH/c1-3-8(27)29-11-5-10(18,7-17)14(21,22)13(20,15(11,23)24)16(25,26)12(19,6-11)30-9(28)4-2;1-3-8(26)29-11-5-10(18,7-17)14(20,21)13(28,15(11,22)23)16(24,25)12(19,6-11)30-9(27)4-2;1-3-8(25)29-12-5-10(27,7-17)14(19,20)11(28,15(12,21)22)6-13(18,16(12,23)24)30-9(26)4-2;;;/h3-4H,1-2,5-7H2;3-4,28H,1-2,5-7H2;3-4,27-28H,1-2,5-7H2;3*1H. The number of carbonyl (C=O) groups is 6. The predicted octanol–water partition coefficient (Wildman–Crippen LogP) is 9.37. The Morgan fingerprint density at radius 1 is 0.323 bits per heavy atom. The third-order valence-electron chi connectivity index (χ3n) is 15.5. The van der Waals surface area contributed by atoms with Crippen LogP contribution in [0.2, 0.25) is 0 Å². The molecule has 3 N–H and O–H groups in total. The van der Waals surface area contributed by atoms with Gasteiger partial charge in [0.2, 0.25) is 16.9 Å². The van der Waals surface area contributed by atoms with Gasteiger partial charge in [-0.15, -0.1) is 0 Å². The van der Waals surface area contributed by atoms with Gasteiger partial charge in [-0.05, 0) is 0 Å². The van der Waals surface area contributed by atoms with Crippen molar-refractivity contribution >= 4 is 35.8 Å². The van der Waals surface area contributed by atoms with Crippen molar-refractivity contribution in [1.29, 1.82) is 0 Å². The lowest BCUT2D eigenvalue weighted by Crippen LogP contribution is -2.92. The molecule has 6 aliphatic carbocycles. The number of carbonyl (C=O) groups excluding carboxylic acids is 6. The van der Waals surface area contributed by atoms with Gasteiger partial charge in [-0.2, -0.15) is 92.2 Å². The number of alkyl halides is 27. The van der Waals surface area contributed by atoms with Gasteiger partial charge in [0.25, 0.3) is 11.2 Å². The zero-order valence-electron chi connectivity index (χ0n) is 45.2. The topological polar surface area (TPSA) is 218 Å². The molecule has 0 saturated heterocycles. The van der Waals surface area contributed by atoms with Crippen molar-refractivity contribution in [3.63, 3.8) is 0 Å². The van der Waals surface area contributed by atoms with E-state index in [4.69, 9.17) is 0 Å². The Kier molecular flexibility index (Phi) is 21.7. The molecule has 6 fully saturated rings. The molecule has 0 radical (unpaired) electrons. The van der Waals surface area contributed by atoms with E-state index in [9.17, 15) is 128 Å². The highest BCUT2D eigenvalue weighted by molar-refractivity contribution is 5.84. The maximum Gasteiger partial charge on any atom is 0.362 e. The molecule has 0 aliphatic heterocycles. The summed E-state index contributed by atoms with van der Waals surface area (Å²) in [4.78, 5) is 68.2. The lowest BCUT2D eigenvalue weighted by molar-refractivity contribution is -0.499. The van der Waals surface area contributed by atoms with Crippen LogP contribution in [0.4, 0.5) is 133 Å². The first-order valence-electron chi connectivity index (χ1n) is 23.7. The molecule has 6 saturated carbocycles. The van der Waals surface area contributed by atoms with E-state index in [0.717, 1.165) is 0 Å². The van der Waals surface area contributed by atoms with Crippen LogP contribution in [0, 0.1) is 0 Å². The van der Waals surface area contributed by atoms with Crippen LogP contribution in [0.3, 0.4) is 0 Å².